The number of amides is 1. The number of nitrogens with one attached hydrogen (secondary N) is 1. The minimum Gasteiger partial charge on any atom is -0.301 e. The number of rotatable bonds is 4. The molecule has 1 aromatic heterocycles. The third-order valence-corrected chi connectivity index (χ3v) is 9.73. The Morgan fingerprint density at radius 1 is 0.949 bits per heavy atom. The van der Waals surface area contributed by atoms with E-state index in [1.165, 1.54) is 49.9 Å². The van der Waals surface area contributed by atoms with Gasteiger partial charge in [-0.2, -0.15) is 0 Å². The van der Waals surface area contributed by atoms with Crippen molar-refractivity contribution in [2.45, 2.75) is 31.6 Å². The number of carbonyl (C=O) groups is 1. The Morgan fingerprint density at radius 2 is 1.59 bits per heavy atom. The summed E-state index contributed by atoms with van der Waals surface area (Å²) in [4.78, 5) is 23.8. The van der Waals surface area contributed by atoms with E-state index in [1.54, 1.807) is 7.05 Å². The second kappa shape index (κ2) is 8.72. The fourth-order valence-electron chi connectivity index (χ4n) is 7.13. The maximum Gasteiger partial charge on any atom is 0.233 e. The van der Waals surface area contributed by atoms with Crippen molar-refractivity contribution in [3.63, 3.8) is 0 Å². The monoisotopic (exact) mass is 527 g/mol. The van der Waals surface area contributed by atoms with Crippen LogP contribution in [0.5, 0.6) is 0 Å². The number of fused-ring (bicyclic) bond motifs is 2. The minimum absolute atomic E-state index is 0.0222. The molecule has 8 rings (SSSR count). The Balaban J connectivity index is 1.31. The van der Waals surface area contributed by atoms with E-state index in [0.717, 1.165) is 11.3 Å². The number of aromatic nitrogens is 1. The maximum absolute atomic E-state index is 14.4. The van der Waals surface area contributed by atoms with Gasteiger partial charge in [-0.25, -0.2) is 4.98 Å². The number of thiazole rings is 1. The maximum atomic E-state index is 14.4. The van der Waals surface area contributed by atoms with Gasteiger partial charge < -0.3 is 5.32 Å². The van der Waals surface area contributed by atoms with Crippen LogP contribution in [0.15, 0.2) is 95.3 Å². The van der Waals surface area contributed by atoms with Crippen molar-refractivity contribution in [1.29, 1.82) is 0 Å². The van der Waals surface area contributed by atoms with Crippen LogP contribution in [0, 0.1) is 12.3 Å². The number of hydrogen-bond donors (Lipinski definition) is 1. The van der Waals surface area contributed by atoms with Gasteiger partial charge in [-0.05, 0) is 58.9 Å². The van der Waals surface area contributed by atoms with E-state index in [0.29, 0.717) is 11.6 Å². The molecule has 0 aliphatic heterocycles. The minimum atomic E-state index is -0.748. The SMILES string of the molecule is CN=CC12c3ccccc3C(CC1(C)C(=O)Nc1nc(-c3ccc(C)c4ccccc34)cs1)c1ccccc12. The van der Waals surface area contributed by atoms with E-state index in [1.807, 2.05) is 11.6 Å². The molecule has 0 spiro atoms. The number of benzene rings is 4. The predicted molar refractivity (Wildman–Crippen MR) is 161 cm³/mol. The Bertz CT molecular complexity index is 1750. The van der Waals surface area contributed by atoms with Gasteiger partial charge in [0.1, 0.15) is 0 Å². The van der Waals surface area contributed by atoms with Gasteiger partial charge in [0.2, 0.25) is 5.91 Å². The summed E-state index contributed by atoms with van der Waals surface area (Å²) in [5, 5.41) is 8.28. The lowest BCUT2D eigenvalue weighted by molar-refractivity contribution is -0.128. The second-order valence-electron chi connectivity index (χ2n) is 10.9. The highest BCUT2D eigenvalue weighted by molar-refractivity contribution is 7.14. The van der Waals surface area contributed by atoms with E-state index < -0.39 is 10.8 Å². The Morgan fingerprint density at radius 3 is 2.28 bits per heavy atom. The molecule has 0 saturated heterocycles. The van der Waals surface area contributed by atoms with Gasteiger partial charge in [0, 0.05) is 30.1 Å². The third kappa shape index (κ3) is 3.26. The van der Waals surface area contributed by atoms with Crippen molar-refractivity contribution >= 4 is 39.4 Å². The van der Waals surface area contributed by atoms with Crippen LogP contribution in [0.1, 0.15) is 47.1 Å². The fraction of sp³-hybridized carbons (Fsp3) is 0.206. The van der Waals surface area contributed by atoms with Crippen LogP contribution in [0.25, 0.3) is 22.0 Å². The lowest BCUT2D eigenvalue weighted by atomic mass is 9.44. The standard InChI is InChI=1S/C34H29N3OS/c1-21-16-17-26(23-11-5-4-10-22(21)23)30-19-39-32(36-30)37-31(38)33(2)18-27-24-12-6-8-14-28(24)34(33,20-35-3)29-15-9-7-13-25(27)29/h4-17,19-20,27H,18H2,1-3H3,(H,36,37,38). The molecule has 3 aliphatic carbocycles. The van der Waals surface area contributed by atoms with Crippen molar-refractivity contribution in [2.24, 2.45) is 10.4 Å². The Labute approximate surface area is 232 Å². The first kappa shape index (κ1) is 24.0. The van der Waals surface area contributed by atoms with Crippen molar-refractivity contribution in [2.75, 3.05) is 12.4 Å². The number of aryl methyl sites for hydroxylation is 1. The average molecular weight is 528 g/mol. The number of hydrogen-bond acceptors (Lipinski definition) is 4. The van der Waals surface area contributed by atoms with E-state index in [9.17, 15) is 4.79 Å². The summed E-state index contributed by atoms with van der Waals surface area (Å²) >= 11 is 1.47. The summed E-state index contributed by atoms with van der Waals surface area (Å²) in [6, 6.07) is 29.8. The molecule has 5 aromatic rings. The lowest BCUT2D eigenvalue weighted by Gasteiger charge is -2.57. The quantitative estimate of drug-likeness (QED) is 0.243. The molecule has 4 aromatic carbocycles. The fourth-order valence-corrected chi connectivity index (χ4v) is 7.83. The summed E-state index contributed by atoms with van der Waals surface area (Å²) in [7, 11) is 1.80. The van der Waals surface area contributed by atoms with E-state index in [4.69, 9.17) is 4.98 Å². The molecule has 0 saturated carbocycles. The zero-order valence-corrected chi connectivity index (χ0v) is 23.0. The first-order chi connectivity index (χ1) is 19.0. The van der Waals surface area contributed by atoms with E-state index in [-0.39, 0.29) is 11.8 Å². The smallest absolute Gasteiger partial charge is 0.233 e. The summed E-state index contributed by atoms with van der Waals surface area (Å²) in [5.74, 6) is 0.136. The Kier molecular flexibility index (Phi) is 5.36. The average Bonchev–Trinajstić information content (AvgIpc) is 3.43. The van der Waals surface area contributed by atoms with Gasteiger partial charge in [-0.15, -0.1) is 11.3 Å². The highest BCUT2D eigenvalue weighted by Crippen LogP contribution is 2.64. The molecule has 1 atom stereocenters. The van der Waals surface area contributed by atoms with E-state index in [2.05, 4.69) is 109 Å². The normalized spacial score (nSPS) is 23.1. The lowest BCUT2D eigenvalue weighted by Crippen LogP contribution is -2.59. The van der Waals surface area contributed by atoms with Crippen molar-refractivity contribution in [3.8, 4) is 11.3 Å². The van der Waals surface area contributed by atoms with Crippen LogP contribution in [-0.4, -0.2) is 24.2 Å². The molecule has 0 fully saturated rings. The molecule has 1 N–H and O–H groups in total. The number of aliphatic imine (C=N–C) groups is 1. The molecular weight excluding hydrogens is 498 g/mol. The van der Waals surface area contributed by atoms with Gasteiger partial charge in [0.15, 0.2) is 5.13 Å². The largest absolute Gasteiger partial charge is 0.301 e. The van der Waals surface area contributed by atoms with Crippen molar-refractivity contribution < 1.29 is 4.79 Å². The molecule has 1 heterocycles. The molecule has 1 amide bonds. The first-order valence-electron chi connectivity index (χ1n) is 13.4. The highest BCUT2D eigenvalue weighted by atomic mass is 32.1. The molecule has 39 heavy (non-hydrogen) atoms. The molecule has 2 bridgehead atoms. The van der Waals surface area contributed by atoms with Crippen LogP contribution >= 0.6 is 11.3 Å². The molecule has 3 aliphatic rings. The first-order valence-corrected chi connectivity index (χ1v) is 14.2. The van der Waals surface area contributed by atoms with Gasteiger partial charge in [-0.3, -0.25) is 9.79 Å². The summed E-state index contributed by atoms with van der Waals surface area (Å²) in [6.45, 7) is 4.23. The highest BCUT2D eigenvalue weighted by Gasteiger charge is 2.63. The van der Waals surface area contributed by atoms with Crippen molar-refractivity contribution in [3.05, 3.63) is 118 Å². The molecule has 1 unspecified atom stereocenters. The van der Waals surface area contributed by atoms with Crippen molar-refractivity contribution in [1.82, 2.24) is 4.98 Å². The van der Waals surface area contributed by atoms with Gasteiger partial charge in [-0.1, -0.05) is 84.9 Å². The summed E-state index contributed by atoms with van der Waals surface area (Å²) in [5.41, 5.74) is 6.72. The van der Waals surface area contributed by atoms with Gasteiger partial charge in [0.05, 0.1) is 16.5 Å². The van der Waals surface area contributed by atoms with Crippen LogP contribution < -0.4 is 5.32 Å². The van der Waals surface area contributed by atoms with Gasteiger partial charge in [0.25, 0.3) is 0 Å². The van der Waals surface area contributed by atoms with Crippen LogP contribution in [-0.2, 0) is 10.2 Å². The Hall–Kier alpha value is -4.09. The predicted octanol–water partition coefficient (Wildman–Crippen LogP) is 7.75. The third-order valence-electron chi connectivity index (χ3n) is 8.97. The zero-order chi connectivity index (χ0) is 26.8. The van der Waals surface area contributed by atoms with E-state index >= 15 is 0 Å². The molecule has 4 nitrogen and oxygen atoms in total. The zero-order valence-electron chi connectivity index (χ0n) is 22.2. The number of carbonyl (C=O) groups excluding carboxylic acids is 1. The molecule has 5 heteroatoms. The van der Waals surface area contributed by atoms with Gasteiger partial charge >= 0.3 is 0 Å². The van der Waals surface area contributed by atoms with Crippen LogP contribution in [0.4, 0.5) is 5.13 Å². The second-order valence-corrected chi connectivity index (χ2v) is 11.8. The topological polar surface area (TPSA) is 54.4 Å². The number of anilines is 1. The van der Waals surface area contributed by atoms with Crippen LogP contribution in [0.2, 0.25) is 0 Å². The van der Waals surface area contributed by atoms with Crippen LogP contribution in [0.3, 0.4) is 0 Å². The summed E-state index contributed by atoms with van der Waals surface area (Å²) in [6.07, 6.45) is 2.71. The number of nitrogens with zero attached hydrogens (tertiary/aromatic N) is 2. The summed E-state index contributed by atoms with van der Waals surface area (Å²) < 4.78 is 0. The molecular formula is C34H29N3OS. The molecule has 192 valence electrons. The molecule has 0 radical (unpaired) electrons.